The molecule has 1 fully saturated rings. The Morgan fingerprint density at radius 3 is 2.92 bits per heavy atom. The second kappa shape index (κ2) is 4.58. The van der Waals surface area contributed by atoms with E-state index in [1.54, 1.807) is 7.11 Å². The number of hydrogen-bond acceptors (Lipinski definition) is 3. The summed E-state index contributed by atoms with van der Waals surface area (Å²) >= 11 is 0. The highest BCUT2D eigenvalue weighted by atomic mass is 16.5. The molecule has 0 spiro atoms. The minimum absolute atomic E-state index is 0.522. The zero-order chi connectivity index (χ0) is 9.73. The summed E-state index contributed by atoms with van der Waals surface area (Å²) in [6, 6.07) is 0. The van der Waals surface area contributed by atoms with Gasteiger partial charge in [-0.15, -0.1) is 0 Å². The van der Waals surface area contributed by atoms with Crippen LogP contribution in [0.3, 0.4) is 0 Å². The van der Waals surface area contributed by atoms with E-state index in [1.165, 1.54) is 0 Å². The number of ether oxygens (including phenoxy) is 1. The molecule has 0 aromatic heterocycles. The number of nitrogens with one attached hydrogen (secondary N) is 1. The first-order valence-electron chi connectivity index (χ1n) is 4.64. The van der Waals surface area contributed by atoms with Gasteiger partial charge in [-0.1, -0.05) is 0 Å². The van der Waals surface area contributed by atoms with Crippen LogP contribution in [0.1, 0.15) is 19.3 Å². The van der Waals surface area contributed by atoms with Crippen molar-refractivity contribution in [2.75, 3.05) is 26.8 Å². The number of carboxylic acid groups (broad SMARTS) is 1. The first-order chi connectivity index (χ1) is 6.21. The van der Waals surface area contributed by atoms with E-state index in [4.69, 9.17) is 9.84 Å². The molecule has 1 heterocycles. The lowest BCUT2D eigenvalue weighted by atomic mass is 9.78. The van der Waals surface area contributed by atoms with E-state index < -0.39 is 11.4 Å². The van der Waals surface area contributed by atoms with Crippen molar-refractivity contribution in [1.82, 2.24) is 5.32 Å². The Kier molecular flexibility index (Phi) is 3.69. The third-order valence-electron chi connectivity index (χ3n) is 2.71. The van der Waals surface area contributed by atoms with Gasteiger partial charge in [0.2, 0.25) is 0 Å². The van der Waals surface area contributed by atoms with Crippen molar-refractivity contribution in [3.63, 3.8) is 0 Å². The molecule has 1 aliphatic rings. The predicted molar refractivity (Wildman–Crippen MR) is 48.7 cm³/mol. The minimum Gasteiger partial charge on any atom is -0.481 e. The van der Waals surface area contributed by atoms with Crippen molar-refractivity contribution in [2.45, 2.75) is 19.3 Å². The lowest BCUT2D eigenvalue weighted by molar-refractivity contribution is -0.151. The molecule has 2 N–H and O–H groups in total. The molecule has 13 heavy (non-hydrogen) atoms. The largest absolute Gasteiger partial charge is 0.481 e. The van der Waals surface area contributed by atoms with Gasteiger partial charge >= 0.3 is 5.97 Å². The third kappa shape index (κ3) is 2.42. The van der Waals surface area contributed by atoms with Crippen LogP contribution in [0.4, 0.5) is 0 Å². The molecular formula is C9H17NO3. The summed E-state index contributed by atoms with van der Waals surface area (Å²) in [4.78, 5) is 11.1. The Morgan fingerprint density at radius 1 is 1.69 bits per heavy atom. The molecular weight excluding hydrogens is 170 g/mol. The quantitative estimate of drug-likeness (QED) is 0.672. The Labute approximate surface area is 78.3 Å². The van der Waals surface area contributed by atoms with Crippen LogP contribution in [-0.4, -0.2) is 37.9 Å². The fraction of sp³-hybridized carbons (Fsp3) is 0.889. The van der Waals surface area contributed by atoms with E-state index in [0.717, 1.165) is 19.4 Å². The monoisotopic (exact) mass is 187 g/mol. The Hall–Kier alpha value is -0.610. The normalized spacial score (nSPS) is 28.7. The highest BCUT2D eigenvalue weighted by Gasteiger charge is 2.39. The molecule has 0 amide bonds. The van der Waals surface area contributed by atoms with E-state index in [1.807, 2.05) is 0 Å². The molecule has 0 aliphatic carbocycles. The average molecular weight is 187 g/mol. The summed E-state index contributed by atoms with van der Waals surface area (Å²) in [5.41, 5.74) is -0.589. The topological polar surface area (TPSA) is 58.6 Å². The van der Waals surface area contributed by atoms with Crippen LogP contribution < -0.4 is 5.32 Å². The van der Waals surface area contributed by atoms with Gasteiger partial charge in [0.15, 0.2) is 0 Å². The second-order valence-corrected chi connectivity index (χ2v) is 3.61. The summed E-state index contributed by atoms with van der Waals surface area (Å²) in [7, 11) is 1.60. The van der Waals surface area contributed by atoms with Crippen molar-refractivity contribution in [3.8, 4) is 0 Å². The summed E-state index contributed by atoms with van der Waals surface area (Å²) in [5, 5.41) is 12.2. The van der Waals surface area contributed by atoms with Crippen LogP contribution in [0.25, 0.3) is 0 Å². The standard InChI is InChI=1S/C9H17NO3/c1-13-6-4-9(8(11)12)3-2-5-10-7-9/h10H,2-7H2,1H3,(H,11,12). The zero-order valence-corrected chi connectivity index (χ0v) is 8.01. The summed E-state index contributed by atoms with van der Waals surface area (Å²) in [6.07, 6.45) is 2.31. The van der Waals surface area contributed by atoms with Crippen molar-refractivity contribution in [1.29, 1.82) is 0 Å². The van der Waals surface area contributed by atoms with Crippen molar-refractivity contribution in [2.24, 2.45) is 5.41 Å². The van der Waals surface area contributed by atoms with Gasteiger partial charge in [-0.05, 0) is 25.8 Å². The summed E-state index contributed by atoms with van der Waals surface area (Å²) < 4.78 is 4.93. The van der Waals surface area contributed by atoms with E-state index in [2.05, 4.69) is 5.32 Å². The molecule has 1 aliphatic heterocycles. The van der Waals surface area contributed by atoms with Crippen LogP contribution in [0.15, 0.2) is 0 Å². The van der Waals surface area contributed by atoms with Gasteiger partial charge in [0.25, 0.3) is 0 Å². The SMILES string of the molecule is COCCC1(C(=O)O)CCCNC1. The van der Waals surface area contributed by atoms with Crippen LogP contribution in [0.2, 0.25) is 0 Å². The number of piperidine rings is 1. The van der Waals surface area contributed by atoms with Crippen LogP contribution in [0.5, 0.6) is 0 Å². The number of rotatable bonds is 4. The number of hydrogen-bond donors (Lipinski definition) is 2. The fourth-order valence-corrected chi connectivity index (χ4v) is 1.77. The molecule has 1 unspecified atom stereocenters. The first-order valence-corrected chi connectivity index (χ1v) is 4.64. The van der Waals surface area contributed by atoms with Crippen LogP contribution in [-0.2, 0) is 9.53 Å². The van der Waals surface area contributed by atoms with Gasteiger partial charge in [-0.25, -0.2) is 0 Å². The Bertz CT molecular complexity index is 176. The zero-order valence-electron chi connectivity index (χ0n) is 8.01. The van der Waals surface area contributed by atoms with Gasteiger partial charge in [0, 0.05) is 20.3 Å². The molecule has 1 saturated heterocycles. The van der Waals surface area contributed by atoms with Crippen LogP contribution >= 0.6 is 0 Å². The maximum Gasteiger partial charge on any atom is 0.311 e. The molecule has 0 radical (unpaired) electrons. The van der Waals surface area contributed by atoms with Gasteiger partial charge in [0.05, 0.1) is 5.41 Å². The Balaban J connectivity index is 2.56. The van der Waals surface area contributed by atoms with Gasteiger partial charge < -0.3 is 15.2 Å². The molecule has 1 atom stereocenters. The maximum absolute atomic E-state index is 11.1. The molecule has 0 saturated carbocycles. The molecule has 0 aromatic rings. The lowest BCUT2D eigenvalue weighted by Gasteiger charge is -2.33. The summed E-state index contributed by atoms with van der Waals surface area (Å²) in [6.45, 7) is 2.03. The van der Waals surface area contributed by atoms with Crippen molar-refractivity contribution in [3.05, 3.63) is 0 Å². The average Bonchev–Trinajstić information content (AvgIpc) is 2.16. The van der Waals surface area contributed by atoms with E-state index in [9.17, 15) is 4.79 Å². The lowest BCUT2D eigenvalue weighted by Crippen LogP contribution is -2.46. The molecule has 4 heteroatoms. The van der Waals surface area contributed by atoms with E-state index in [-0.39, 0.29) is 0 Å². The highest BCUT2D eigenvalue weighted by Crippen LogP contribution is 2.30. The number of carboxylic acids is 1. The number of carbonyl (C=O) groups is 1. The van der Waals surface area contributed by atoms with E-state index in [0.29, 0.717) is 19.6 Å². The predicted octanol–water partition coefficient (Wildman–Crippen LogP) is 0.477. The molecule has 4 nitrogen and oxygen atoms in total. The van der Waals surface area contributed by atoms with Crippen LogP contribution in [0, 0.1) is 5.41 Å². The van der Waals surface area contributed by atoms with E-state index >= 15 is 0 Å². The Morgan fingerprint density at radius 2 is 2.46 bits per heavy atom. The molecule has 76 valence electrons. The number of methoxy groups -OCH3 is 1. The minimum atomic E-state index is -0.697. The molecule has 0 bridgehead atoms. The van der Waals surface area contributed by atoms with Gasteiger partial charge in [0.1, 0.15) is 0 Å². The second-order valence-electron chi connectivity index (χ2n) is 3.61. The summed E-state index contributed by atoms with van der Waals surface area (Å²) in [5.74, 6) is -0.697. The fourth-order valence-electron chi connectivity index (χ4n) is 1.77. The highest BCUT2D eigenvalue weighted by molar-refractivity contribution is 5.75. The maximum atomic E-state index is 11.1. The number of aliphatic carboxylic acids is 1. The molecule has 1 rings (SSSR count). The third-order valence-corrected chi connectivity index (χ3v) is 2.71. The van der Waals surface area contributed by atoms with Crippen molar-refractivity contribution < 1.29 is 14.6 Å². The first kappa shape index (κ1) is 10.5. The van der Waals surface area contributed by atoms with Gasteiger partial charge in [-0.3, -0.25) is 4.79 Å². The van der Waals surface area contributed by atoms with Crippen molar-refractivity contribution >= 4 is 5.97 Å². The van der Waals surface area contributed by atoms with Gasteiger partial charge in [-0.2, -0.15) is 0 Å². The smallest absolute Gasteiger partial charge is 0.311 e. The molecule has 0 aromatic carbocycles.